The highest BCUT2D eigenvalue weighted by atomic mass is 32.2. The second-order valence-electron chi connectivity index (χ2n) is 8.63. The van der Waals surface area contributed by atoms with Gasteiger partial charge in [-0.3, -0.25) is 14.2 Å². The number of carbonyl (C=O) groups is 1. The number of nitrogens with one attached hydrogen (secondary N) is 1. The molecule has 5 rings (SSSR count). The lowest BCUT2D eigenvalue weighted by molar-refractivity contribution is 0.0994. The Morgan fingerprint density at radius 3 is 2.50 bits per heavy atom. The summed E-state index contributed by atoms with van der Waals surface area (Å²) < 4.78 is 27.7. The molecular weight excluding hydrogens is 530 g/mol. The van der Waals surface area contributed by atoms with Crippen molar-refractivity contribution in [2.45, 2.75) is 13.3 Å². The van der Waals surface area contributed by atoms with Crippen LogP contribution in [0.15, 0.2) is 77.7 Å². The minimum atomic E-state index is -3.30. The van der Waals surface area contributed by atoms with E-state index in [1.165, 1.54) is 10.7 Å². The summed E-state index contributed by atoms with van der Waals surface area (Å²) in [4.78, 5) is 28.2. The highest BCUT2D eigenvalue weighted by Gasteiger charge is 2.15. The van der Waals surface area contributed by atoms with Crippen molar-refractivity contribution in [3.63, 3.8) is 0 Å². The topological polar surface area (TPSA) is 167 Å². The Morgan fingerprint density at radius 2 is 1.82 bits per heavy atom. The molecule has 0 aliphatic rings. The van der Waals surface area contributed by atoms with Crippen molar-refractivity contribution in [3.8, 4) is 17.5 Å². The van der Waals surface area contributed by atoms with Gasteiger partial charge in [0.25, 0.3) is 11.5 Å². The summed E-state index contributed by atoms with van der Waals surface area (Å²) >= 11 is 0. The number of primary amides is 1. The van der Waals surface area contributed by atoms with Crippen LogP contribution in [0.25, 0.3) is 22.1 Å². The monoisotopic (exact) mass is 557 g/mol. The molecule has 0 aliphatic heterocycles. The number of rotatable bonds is 5. The number of imidazole rings is 1. The number of hydrogen-bond donors (Lipinski definition) is 3. The molecule has 0 aliphatic carbocycles. The Hall–Kier alpha value is -4.99. The van der Waals surface area contributed by atoms with Crippen molar-refractivity contribution in [2.75, 3.05) is 18.5 Å². The van der Waals surface area contributed by atoms with E-state index in [9.17, 15) is 18.0 Å². The zero-order chi connectivity index (χ0) is 28.9. The minimum Gasteiger partial charge on any atom is -0.382 e. The van der Waals surface area contributed by atoms with E-state index < -0.39 is 15.9 Å². The Balaban J connectivity index is 0.000000236. The van der Waals surface area contributed by atoms with Crippen molar-refractivity contribution >= 4 is 38.2 Å². The summed E-state index contributed by atoms with van der Waals surface area (Å²) in [5.74, 6) is 5.17. The summed E-state index contributed by atoms with van der Waals surface area (Å²) in [6.45, 7) is 2.01. The van der Waals surface area contributed by atoms with E-state index in [1.807, 2.05) is 55.5 Å². The van der Waals surface area contributed by atoms with E-state index in [0.29, 0.717) is 23.0 Å². The van der Waals surface area contributed by atoms with Gasteiger partial charge in [-0.2, -0.15) is 5.10 Å². The smallest absolute Gasteiger partial charge is 0.271 e. The van der Waals surface area contributed by atoms with Crippen LogP contribution in [0, 0.1) is 11.8 Å². The lowest BCUT2D eigenvalue weighted by Crippen LogP contribution is -2.23. The molecule has 0 bridgehead atoms. The summed E-state index contributed by atoms with van der Waals surface area (Å²) in [5, 5.41) is 5.26. The molecule has 0 saturated heterocycles. The number of hydrogen-bond acceptors (Lipinski definition) is 7. The molecule has 11 nitrogen and oxygen atoms in total. The molecule has 2 aromatic carbocycles. The fourth-order valence-electron chi connectivity index (χ4n) is 4.08. The number of fused-ring (bicyclic) bond motifs is 2. The third kappa shape index (κ3) is 6.17. The van der Waals surface area contributed by atoms with Gasteiger partial charge in [0.1, 0.15) is 0 Å². The molecule has 0 fully saturated rings. The van der Waals surface area contributed by atoms with Gasteiger partial charge in [-0.1, -0.05) is 49.1 Å². The maximum Gasteiger partial charge on any atom is 0.271 e. The average molecular weight is 558 g/mol. The summed E-state index contributed by atoms with van der Waals surface area (Å²) in [6, 6.07) is 20.4. The fraction of sp³-hybridized carbons (Fsp3) is 0.143. The average Bonchev–Trinajstić information content (AvgIpc) is 3.27. The maximum atomic E-state index is 13.3. The van der Waals surface area contributed by atoms with Crippen LogP contribution in [0.3, 0.4) is 0 Å². The highest BCUT2D eigenvalue weighted by molar-refractivity contribution is 7.88. The summed E-state index contributed by atoms with van der Waals surface area (Å²) in [7, 11) is -3.30. The lowest BCUT2D eigenvalue weighted by atomic mass is 10.0. The second-order valence-corrected chi connectivity index (χ2v) is 10.5. The molecule has 0 saturated carbocycles. The quantitative estimate of drug-likeness (QED) is 0.277. The number of nitrogen functional groups attached to an aromatic ring is 1. The first-order valence-electron chi connectivity index (χ1n) is 12.2. The maximum absolute atomic E-state index is 13.3. The first-order chi connectivity index (χ1) is 19.1. The molecule has 40 heavy (non-hydrogen) atoms. The number of aryl methyl sites for hydroxylation is 1. The van der Waals surface area contributed by atoms with E-state index in [4.69, 9.17) is 11.5 Å². The van der Waals surface area contributed by atoms with Gasteiger partial charge in [0.15, 0.2) is 17.2 Å². The summed E-state index contributed by atoms with van der Waals surface area (Å²) in [5.41, 5.74) is 13.4. The number of nitrogens with two attached hydrogens (primary N) is 2. The molecule has 1 amide bonds. The fourth-order valence-corrected chi connectivity index (χ4v) is 4.42. The van der Waals surface area contributed by atoms with Gasteiger partial charge in [0.05, 0.1) is 18.2 Å². The standard InChI is InChI=1S/C21H20N2O3S.C7H7N5O/c1-3-18-15-17-10-7-9-16(11-8-14-22-27(2,25)26)20(17)21(24)23(18)19-12-5-4-6-13-19;8-6-5(7(9)13)12-4(11-6)2-1-3-10-12/h4-7,9-10,12-13,15,22H,3,14H2,1-2H3;1-3H,8H2,(H2,9,13). The Labute approximate surface area is 230 Å². The van der Waals surface area contributed by atoms with E-state index in [1.54, 1.807) is 22.8 Å². The van der Waals surface area contributed by atoms with Crippen molar-refractivity contribution in [2.24, 2.45) is 5.73 Å². The molecule has 12 heteroatoms. The molecule has 204 valence electrons. The van der Waals surface area contributed by atoms with Gasteiger partial charge in [0, 0.05) is 23.1 Å². The van der Waals surface area contributed by atoms with Gasteiger partial charge >= 0.3 is 0 Å². The molecule has 0 unspecified atom stereocenters. The van der Waals surface area contributed by atoms with Crippen LogP contribution in [-0.4, -0.2) is 46.3 Å². The van der Waals surface area contributed by atoms with E-state index in [-0.39, 0.29) is 23.6 Å². The number of amides is 1. The first kappa shape index (κ1) is 28.0. The third-order valence-corrected chi connectivity index (χ3v) is 6.47. The predicted octanol–water partition coefficient (Wildman–Crippen LogP) is 1.86. The first-order valence-corrected chi connectivity index (χ1v) is 14.1. The van der Waals surface area contributed by atoms with Gasteiger partial charge in [0.2, 0.25) is 10.0 Å². The van der Waals surface area contributed by atoms with Crippen LogP contribution in [0.5, 0.6) is 0 Å². The molecule has 5 N–H and O–H groups in total. The molecule has 5 aromatic rings. The van der Waals surface area contributed by atoms with Crippen LogP contribution in [-0.2, 0) is 16.4 Å². The van der Waals surface area contributed by atoms with Crippen LogP contribution in [0.2, 0.25) is 0 Å². The van der Waals surface area contributed by atoms with Crippen molar-refractivity contribution in [3.05, 3.63) is 100 Å². The van der Waals surface area contributed by atoms with E-state index >= 15 is 0 Å². The van der Waals surface area contributed by atoms with Gasteiger partial charge in [-0.15, -0.1) is 0 Å². The Kier molecular flexibility index (Phi) is 8.28. The molecule has 0 atom stereocenters. The van der Waals surface area contributed by atoms with Gasteiger partial charge in [-0.25, -0.2) is 22.6 Å². The van der Waals surface area contributed by atoms with E-state index in [2.05, 4.69) is 26.6 Å². The number of anilines is 1. The largest absolute Gasteiger partial charge is 0.382 e. The molecule has 0 radical (unpaired) electrons. The number of sulfonamides is 1. The van der Waals surface area contributed by atoms with E-state index in [0.717, 1.165) is 23.0 Å². The van der Waals surface area contributed by atoms with Crippen molar-refractivity contribution in [1.82, 2.24) is 23.9 Å². The van der Waals surface area contributed by atoms with Crippen LogP contribution < -0.4 is 21.7 Å². The number of para-hydroxylation sites is 1. The van der Waals surface area contributed by atoms with Gasteiger partial charge in [-0.05, 0) is 48.2 Å². The molecule has 3 heterocycles. The lowest BCUT2D eigenvalue weighted by Gasteiger charge is -2.14. The van der Waals surface area contributed by atoms with Crippen molar-refractivity contribution in [1.29, 1.82) is 0 Å². The van der Waals surface area contributed by atoms with Crippen molar-refractivity contribution < 1.29 is 13.2 Å². The normalized spacial score (nSPS) is 10.9. The van der Waals surface area contributed by atoms with Crippen LogP contribution >= 0.6 is 0 Å². The highest BCUT2D eigenvalue weighted by Crippen LogP contribution is 2.19. The molecule has 3 aromatic heterocycles. The number of nitrogens with zero attached hydrogens (tertiary/aromatic N) is 4. The summed E-state index contributed by atoms with van der Waals surface area (Å²) in [6.07, 6.45) is 3.33. The van der Waals surface area contributed by atoms with Gasteiger partial charge < -0.3 is 11.5 Å². The number of aromatic nitrogens is 4. The number of carbonyl (C=O) groups excluding carboxylic acids is 1. The minimum absolute atomic E-state index is 0.00482. The van der Waals surface area contributed by atoms with Crippen LogP contribution in [0.1, 0.15) is 28.7 Å². The second kappa shape index (κ2) is 11.8. The SMILES string of the molecule is CCc1cc2cccc(C#CCNS(C)(=O)=O)c2c(=O)n1-c1ccccc1.NC(=O)c1c(N)nc2cccnn12. The number of benzene rings is 2. The zero-order valence-electron chi connectivity index (χ0n) is 21.8. The van der Waals surface area contributed by atoms with Crippen LogP contribution in [0.4, 0.5) is 5.82 Å². The Bertz CT molecular complexity index is 1940. The third-order valence-electron chi connectivity index (χ3n) is 5.80. The molecule has 0 spiro atoms. The zero-order valence-corrected chi connectivity index (χ0v) is 22.6. The Morgan fingerprint density at radius 1 is 1.07 bits per heavy atom. The molecular formula is C28H27N7O4S. The predicted molar refractivity (Wildman–Crippen MR) is 155 cm³/mol. The number of pyridine rings is 1.